The molecule has 0 spiro atoms. The van der Waals surface area contributed by atoms with Gasteiger partial charge < -0.3 is 10.2 Å². The summed E-state index contributed by atoms with van der Waals surface area (Å²) < 4.78 is 1.60. The maximum Gasteiger partial charge on any atom is 0.255 e. The van der Waals surface area contributed by atoms with E-state index in [1.54, 1.807) is 23.1 Å². The molecule has 7 nitrogen and oxygen atoms in total. The number of hydrogen-bond acceptors (Lipinski definition) is 4. The van der Waals surface area contributed by atoms with Gasteiger partial charge in [0.15, 0.2) is 0 Å². The number of nitrogens with one attached hydrogen (secondary N) is 1. The van der Waals surface area contributed by atoms with Crippen LogP contribution in [0.3, 0.4) is 0 Å². The van der Waals surface area contributed by atoms with E-state index in [-0.39, 0.29) is 11.8 Å². The molecule has 1 aromatic heterocycles. The van der Waals surface area contributed by atoms with Gasteiger partial charge in [-0.1, -0.05) is 24.3 Å². The summed E-state index contributed by atoms with van der Waals surface area (Å²) in [6, 6.07) is 14.8. The largest absolute Gasteiger partial charge is 0.338 e. The molecule has 136 valence electrons. The van der Waals surface area contributed by atoms with Crippen molar-refractivity contribution in [1.82, 2.24) is 19.7 Å². The summed E-state index contributed by atoms with van der Waals surface area (Å²) in [5.41, 5.74) is 2.97. The molecule has 0 atom stereocenters. The van der Waals surface area contributed by atoms with Crippen LogP contribution in [-0.4, -0.2) is 38.0 Å². The van der Waals surface area contributed by atoms with Crippen molar-refractivity contribution in [1.29, 1.82) is 0 Å². The lowest BCUT2D eigenvalue weighted by molar-refractivity contribution is -0.128. The van der Waals surface area contributed by atoms with E-state index in [2.05, 4.69) is 15.4 Å². The van der Waals surface area contributed by atoms with Crippen LogP contribution in [0.4, 0.5) is 5.69 Å². The molecule has 1 fully saturated rings. The minimum Gasteiger partial charge on any atom is -0.338 e. The predicted octanol–water partition coefficient (Wildman–Crippen LogP) is 2.64. The van der Waals surface area contributed by atoms with Crippen molar-refractivity contribution in [2.24, 2.45) is 0 Å². The molecular formula is C20H19N5O2. The number of rotatable bonds is 5. The number of para-hydroxylation sites is 2. The van der Waals surface area contributed by atoms with Crippen LogP contribution in [0, 0.1) is 0 Å². The number of benzene rings is 2. The summed E-state index contributed by atoms with van der Waals surface area (Å²) in [5, 5.41) is 7.04. The van der Waals surface area contributed by atoms with Crippen LogP contribution in [0.5, 0.6) is 0 Å². The Morgan fingerprint density at radius 1 is 1.11 bits per heavy atom. The summed E-state index contributed by atoms with van der Waals surface area (Å²) in [6.45, 7) is 1.40. The molecule has 1 aliphatic heterocycles. The Morgan fingerprint density at radius 3 is 2.63 bits per heavy atom. The Balaban J connectivity index is 1.47. The van der Waals surface area contributed by atoms with E-state index in [0.717, 1.165) is 24.2 Å². The molecule has 0 radical (unpaired) electrons. The SMILES string of the molecule is O=C(Nc1ccccc1-n1cncn1)c1ccc(CN2CCCC2=O)cc1. The highest BCUT2D eigenvalue weighted by Crippen LogP contribution is 2.20. The van der Waals surface area contributed by atoms with Gasteiger partial charge in [-0.3, -0.25) is 9.59 Å². The van der Waals surface area contributed by atoms with Crippen molar-refractivity contribution in [3.8, 4) is 5.69 Å². The highest BCUT2D eigenvalue weighted by Gasteiger charge is 2.20. The molecular weight excluding hydrogens is 342 g/mol. The monoisotopic (exact) mass is 361 g/mol. The zero-order valence-electron chi connectivity index (χ0n) is 14.7. The van der Waals surface area contributed by atoms with Crippen molar-refractivity contribution >= 4 is 17.5 Å². The topological polar surface area (TPSA) is 80.1 Å². The van der Waals surface area contributed by atoms with E-state index >= 15 is 0 Å². The molecule has 0 unspecified atom stereocenters. The number of amides is 2. The molecule has 2 heterocycles. The van der Waals surface area contributed by atoms with Crippen LogP contribution in [0.25, 0.3) is 5.69 Å². The number of hydrogen-bond donors (Lipinski definition) is 1. The molecule has 27 heavy (non-hydrogen) atoms. The average molecular weight is 361 g/mol. The van der Waals surface area contributed by atoms with Crippen LogP contribution in [0.2, 0.25) is 0 Å². The second kappa shape index (κ2) is 7.41. The van der Waals surface area contributed by atoms with Gasteiger partial charge >= 0.3 is 0 Å². The highest BCUT2D eigenvalue weighted by molar-refractivity contribution is 6.05. The fraction of sp³-hybridized carbons (Fsp3) is 0.200. The smallest absolute Gasteiger partial charge is 0.255 e. The highest BCUT2D eigenvalue weighted by atomic mass is 16.2. The first-order chi connectivity index (χ1) is 13.2. The minimum absolute atomic E-state index is 0.196. The molecule has 3 aromatic rings. The van der Waals surface area contributed by atoms with E-state index in [1.807, 2.05) is 41.3 Å². The maximum atomic E-state index is 12.6. The Morgan fingerprint density at radius 2 is 1.93 bits per heavy atom. The minimum atomic E-state index is -0.202. The Bertz CT molecular complexity index is 951. The van der Waals surface area contributed by atoms with Gasteiger partial charge in [0.2, 0.25) is 5.91 Å². The van der Waals surface area contributed by atoms with Crippen molar-refractivity contribution in [2.75, 3.05) is 11.9 Å². The van der Waals surface area contributed by atoms with Gasteiger partial charge in [-0.2, -0.15) is 5.10 Å². The van der Waals surface area contributed by atoms with Gasteiger partial charge in [0.25, 0.3) is 5.91 Å². The third kappa shape index (κ3) is 3.72. The van der Waals surface area contributed by atoms with Crippen LogP contribution in [0.15, 0.2) is 61.2 Å². The quantitative estimate of drug-likeness (QED) is 0.758. The number of likely N-dealkylation sites (tertiary alicyclic amines) is 1. The van der Waals surface area contributed by atoms with Crippen molar-refractivity contribution in [3.63, 3.8) is 0 Å². The third-order valence-electron chi connectivity index (χ3n) is 4.58. The van der Waals surface area contributed by atoms with Crippen LogP contribution in [0.1, 0.15) is 28.8 Å². The van der Waals surface area contributed by atoms with E-state index in [9.17, 15) is 9.59 Å². The molecule has 1 aliphatic rings. The molecule has 1 N–H and O–H groups in total. The number of anilines is 1. The summed E-state index contributed by atoms with van der Waals surface area (Å²) in [7, 11) is 0. The Kier molecular flexibility index (Phi) is 4.65. The molecule has 0 saturated carbocycles. The Hall–Kier alpha value is -3.48. The average Bonchev–Trinajstić information content (AvgIpc) is 3.35. The molecule has 4 rings (SSSR count). The number of carbonyl (C=O) groups excluding carboxylic acids is 2. The molecule has 1 saturated heterocycles. The second-order valence-corrected chi connectivity index (χ2v) is 6.43. The lowest BCUT2D eigenvalue weighted by Gasteiger charge is -2.15. The fourth-order valence-corrected chi connectivity index (χ4v) is 3.16. The first kappa shape index (κ1) is 17.0. The molecule has 2 aromatic carbocycles. The van der Waals surface area contributed by atoms with Gasteiger partial charge in [0.05, 0.1) is 11.4 Å². The standard InChI is InChI=1S/C20H19N5O2/c26-19-6-3-11-24(19)12-15-7-9-16(10-8-15)20(27)23-17-4-1-2-5-18(17)25-14-21-13-22-25/h1-2,4-5,7-10,13-14H,3,6,11-12H2,(H,23,27). The second-order valence-electron chi connectivity index (χ2n) is 6.43. The fourth-order valence-electron chi connectivity index (χ4n) is 3.16. The zero-order chi connectivity index (χ0) is 18.6. The molecule has 0 bridgehead atoms. The van der Waals surface area contributed by atoms with Crippen molar-refractivity contribution in [3.05, 3.63) is 72.3 Å². The number of carbonyl (C=O) groups is 2. The number of aromatic nitrogens is 3. The van der Waals surface area contributed by atoms with Gasteiger partial charge in [-0.05, 0) is 36.2 Å². The first-order valence-electron chi connectivity index (χ1n) is 8.83. The van der Waals surface area contributed by atoms with E-state index in [4.69, 9.17) is 0 Å². The summed E-state index contributed by atoms with van der Waals surface area (Å²) in [5.74, 6) is -0.00657. The van der Waals surface area contributed by atoms with Crippen LogP contribution < -0.4 is 5.32 Å². The molecule has 0 aliphatic carbocycles. The van der Waals surface area contributed by atoms with E-state index in [0.29, 0.717) is 24.2 Å². The van der Waals surface area contributed by atoms with Gasteiger partial charge in [-0.25, -0.2) is 9.67 Å². The van der Waals surface area contributed by atoms with Gasteiger partial charge in [0, 0.05) is 25.1 Å². The third-order valence-corrected chi connectivity index (χ3v) is 4.58. The maximum absolute atomic E-state index is 12.6. The lowest BCUT2D eigenvalue weighted by Crippen LogP contribution is -2.23. The summed E-state index contributed by atoms with van der Waals surface area (Å²) in [4.78, 5) is 30.2. The summed E-state index contributed by atoms with van der Waals surface area (Å²) >= 11 is 0. The van der Waals surface area contributed by atoms with Gasteiger partial charge in [0.1, 0.15) is 12.7 Å². The normalized spacial score (nSPS) is 13.8. The zero-order valence-corrected chi connectivity index (χ0v) is 14.7. The Labute approximate surface area is 156 Å². The summed E-state index contributed by atoms with van der Waals surface area (Å²) in [6.07, 6.45) is 4.58. The lowest BCUT2D eigenvalue weighted by atomic mass is 10.1. The molecule has 2 amide bonds. The van der Waals surface area contributed by atoms with Crippen LogP contribution >= 0.6 is 0 Å². The van der Waals surface area contributed by atoms with Crippen LogP contribution in [-0.2, 0) is 11.3 Å². The van der Waals surface area contributed by atoms with Gasteiger partial charge in [-0.15, -0.1) is 0 Å². The van der Waals surface area contributed by atoms with E-state index < -0.39 is 0 Å². The van der Waals surface area contributed by atoms with Crippen molar-refractivity contribution in [2.45, 2.75) is 19.4 Å². The van der Waals surface area contributed by atoms with Crippen molar-refractivity contribution < 1.29 is 9.59 Å². The predicted molar refractivity (Wildman–Crippen MR) is 100 cm³/mol. The molecule has 7 heteroatoms. The number of nitrogens with zero attached hydrogens (tertiary/aromatic N) is 4. The van der Waals surface area contributed by atoms with E-state index in [1.165, 1.54) is 6.33 Å². The first-order valence-corrected chi connectivity index (χ1v) is 8.83.